The molecule has 0 N–H and O–H groups in total. The highest BCUT2D eigenvalue weighted by Crippen LogP contribution is 2.31. The molecule has 3 nitrogen and oxygen atoms in total. The zero-order valence-corrected chi connectivity index (χ0v) is 18.4. The van der Waals surface area contributed by atoms with Crippen molar-refractivity contribution in [2.45, 2.75) is 0 Å². The van der Waals surface area contributed by atoms with Crippen molar-refractivity contribution in [2.75, 3.05) is 4.90 Å². The lowest BCUT2D eigenvalue weighted by Gasteiger charge is -2.19. The molecule has 0 saturated heterocycles. The fraction of sp³-hybridized carbons (Fsp3) is 0. The van der Waals surface area contributed by atoms with Crippen molar-refractivity contribution in [3.8, 4) is 0 Å². The summed E-state index contributed by atoms with van der Waals surface area (Å²) in [5.41, 5.74) is 2.83. The van der Waals surface area contributed by atoms with Crippen LogP contribution in [0, 0.1) is 0 Å². The number of anilines is 1. The maximum absolute atomic E-state index is 13.2. The molecule has 0 bridgehead atoms. The summed E-state index contributed by atoms with van der Waals surface area (Å²) >= 11 is 13.0. The Morgan fingerprint density at radius 3 is 2.25 bits per heavy atom. The number of aliphatic imine (C=N–C) groups is 1. The van der Waals surface area contributed by atoms with Crippen LogP contribution in [0.1, 0.15) is 11.1 Å². The van der Waals surface area contributed by atoms with Gasteiger partial charge in [-0.2, -0.15) is 0 Å². The third-order valence-electron chi connectivity index (χ3n) is 4.23. The lowest BCUT2D eigenvalue weighted by molar-refractivity contribution is -0.113. The molecule has 28 heavy (non-hydrogen) atoms. The van der Waals surface area contributed by atoms with E-state index in [1.165, 1.54) is 0 Å². The van der Waals surface area contributed by atoms with E-state index in [2.05, 4.69) is 36.9 Å². The third-order valence-corrected chi connectivity index (χ3v) is 5.71. The van der Waals surface area contributed by atoms with Crippen molar-refractivity contribution >= 4 is 67.0 Å². The molecule has 0 spiro atoms. The number of amidine groups is 1. The van der Waals surface area contributed by atoms with Gasteiger partial charge in [0.15, 0.2) is 0 Å². The van der Waals surface area contributed by atoms with Gasteiger partial charge in [-0.1, -0.05) is 73.8 Å². The molecular weight excluding hydrogens is 504 g/mol. The molecule has 138 valence electrons. The number of halogens is 3. The second kappa shape index (κ2) is 8.03. The molecule has 0 fully saturated rings. The normalized spacial score (nSPS) is 15.2. The molecule has 1 amide bonds. The number of benzene rings is 3. The maximum Gasteiger partial charge on any atom is 0.282 e. The molecule has 3 aromatic carbocycles. The first-order chi connectivity index (χ1) is 13.5. The van der Waals surface area contributed by atoms with Gasteiger partial charge in [-0.25, -0.2) is 4.99 Å². The van der Waals surface area contributed by atoms with E-state index in [-0.39, 0.29) is 5.91 Å². The number of rotatable bonds is 3. The Bertz CT molecular complexity index is 1110. The van der Waals surface area contributed by atoms with Crippen LogP contribution in [0.15, 0.2) is 92.4 Å². The summed E-state index contributed by atoms with van der Waals surface area (Å²) in [6, 6.07) is 22.6. The van der Waals surface area contributed by atoms with Crippen molar-refractivity contribution in [3.63, 3.8) is 0 Å². The molecule has 1 heterocycles. The summed E-state index contributed by atoms with van der Waals surface area (Å²) in [5, 5.41) is 0.611. The zero-order chi connectivity index (χ0) is 19.7. The van der Waals surface area contributed by atoms with Gasteiger partial charge in [-0.3, -0.25) is 9.69 Å². The van der Waals surface area contributed by atoms with Crippen LogP contribution in [0.25, 0.3) is 6.08 Å². The molecule has 0 radical (unpaired) electrons. The molecule has 0 aromatic heterocycles. The molecule has 0 aliphatic carbocycles. The minimum atomic E-state index is -0.184. The van der Waals surface area contributed by atoms with Crippen LogP contribution in [0.4, 0.5) is 5.69 Å². The summed E-state index contributed by atoms with van der Waals surface area (Å²) in [6.07, 6.45) is 1.79. The summed E-state index contributed by atoms with van der Waals surface area (Å²) in [4.78, 5) is 19.5. The Balaban J connectivity index is 1.84. The molecule has 4 rings (SSSR count). The largest absolute Gasteiger partial charge is 0.282 e. The van der Waals surface area contributed by atoms with Gasteiger partial charge < -0.3 is 0 Å². The van der Waals surface area contributed by atoms with Crippen LogP contribution < -0.4 is 4.90 Å². The molecule has 1 aliphatic heterocycles. The van der Waals surface area contributed by atoms with Gasteiger partial charge in [-0.15, -0.1) is 0 Å². The minimum absolute atomic E-state index is 0.184. The van der Waals surface area contributed by atoms with Gasteiger partial charge in [0, 0.05) is 19.5 Å². The number of nitrogens with zero attached hydrogens (tertiary/aromatic N) is 2. The topological polar surface area (TPSA) is 32.7 Å². The van der Waals surface area contributed by atoms with Gasteiger partial charge in [0.05, 0.1) is 5.69 Å². The van der Waals surface area contributed by atoms with Crippen LogP contribution in [-0.4, -0.2) is 11.7 Å². The Labute approximate surface area is 184 Å². The summed E-state index contributed by atoms with van der Waals surface area (Å²) in [6.45, 7) is 0. The lowest BCUT2D eigenvalue weighted by Crippen LogP contribution is -2.32. The van der Waals surface area contributed by atoms with E-state index in [1.54, 1.807) is 23.1 Å². The van der Waals surface area contributed by atoms with Crippen molar-refractivity contribution < 1.29 is 4.79 Å². The third kappa shape index (κ3) is 3.83. The smallest absolute Gasteiger partial charge is 0.266 e. The van der Waals surface area contributed by atoms with Crippen LogP contribution in [0.2, 0.25) is 5.02 Å². The molecular formula is C22H13Br2ClN2O. The van der Waals surface area contributed by atoms with Gasteiger partial charge in [0.25, 0.3) is 5.91 Å². The van der Waals surface area contributed by atoms with E-state index >= 15 is 0 Å². The Kier molecular flexibility index (Phi) is 5.49. The summed E-state index contributed by atoms with van der Waals surface area (Å²) in [7, 11) is 0. The Morgan fingerprint density at radius 2 is 1.57 bits per heavy atom. The highest BCUT2D eigenvalue weighted by Gasteiger charge is 2.33. The predicted octanol–water partition coefficient (Wildman–Crippen LogP) is 6.70. The Morgan fingerprint density at radius 1 is 0.893 bits per heavy atom. The van der Waals surface area contributed by atoms with Crippen LogP contribution in [0.5, 0.6) is 0 Å². The SMILES string of the molecule is O=C1/C(=C\c2ccc(Br)cc2)N=C(c2ccccc2Br)N1c1ccc(Cl)cc1. The lowest BCUT2D eigenvalue weighted by atomic mass is 10.1. The summed E-state index contributed by atoms with van der Waals surface area (Å²) in [5.74, 6) is 0.388. The number of amides is 1. The highest BCUT2D eigenvalue weighted by atomic mass is 79.9. The van der Waals surface area contributed by atoms with E-state index < -0.39 is 0 Å². The molecule has 1 aliphatic rings. The van der Waals surface area contributed by atoms with E-state index in [9.17, 15) is 4.79 Å². The fourth-order valence-electron chi connectivity index (χ4n) is 2.89. The number of hydrogen-bond donors (Lipinski definition) is 0. The van der Waals surface area contributed by atoms with E-state index in [0.29, 0.717) is 22.2 Å². The zero-order valence-electron chi connectivity index (χ0n) is 14.4. The van der Waals surface area contributed by atoms with Gasteiger partial charge >= 0.3 is 0 Å². The molecule has 6 heteroatoms. The monoisotopic (exact) mass is 514 g/mol. The van der Waals surface area contributed by atoms with Crippen molar-refractivity contribution in [3.05, 3.63) is 104 Å². The highest BCUT2D eigenvalue weighted by molar-refractivity contribution is 9.10. The average Bonchev–Trinajstić information content (AvgIpc) is 3.01. The predicted molar refractivity (Wildman–Crippen MR) is 122 cm³/mol. The minimum Gasteiger partial charge on any atom is -0.266 e. The average molecular weight is 517 g/mol. The number of carbonyl (C=O) groups excluding carboxylic acids is 1. The standard InChI is InChI=1S/C22H13Br2ClN2O/c23-15-7-5-14(6-8-15)13-20-22(28)27(17-11-9-16(25)10-12-17)21(26-20)18-3-1-2-4-19(18)24/h1-13H/b20-13+. The van der Waals surface area contributed by atoms with Crippen LogP contribution >= 0.6 is 43.5 Å². The van der Waals surface area contributed by atoms with Gasteiger partial charge in [0.2, 0.25) is 0 Å². The van der Waals surface area contributed by atoms with E-state index in [4.69, 9.17) is 11.6 Å². The van der Waals surface area contributed by atoms with E-state index in [1.807, 2.05) is 60.7 Å². The van der Waals surface area contributed by atoms with Crippen LogP contribution in [0.3, 0.4) is 0 Å². The summed E-state index contributed by atoms with van der Waals surface area (Å²) < 4.78 is 1.85. The number of carbonyl (C=O) groups is 1. The fourth-order valence-corrected chi connectivity index (χ4v) is 3.74. The Hall–Kier alpha value is -2.21. The molecule has 0 atom stereocenters. The molecule has 0 unspecified atom stereocenters. The van der Waals surface area contributed by atoms with E-state index in [0.717, 1.165) is 20.1 Å². The van der Waals surface area contributed by atoms with Crippen LogP contribution in [-0.2, 0) is 4.79 Å². The first kappa shape index (κ1) is 19.1. The van der Waals surface area contributed by atoms with Crippen molar-refractivity contribution in [2.24, 2.45) is 4.99 Å². The molecule has 0 saturated carbocycles. The quantitative estimate of drug-likeness (QED) is 0.357. The molecule has 3 aromatic rings. The first-order valence-corrected chi connectivity index (χ1v) is 10.4. The van der Waals surface area contributed by atoms with Crippen molar-refractivity contribution in [1.82, 2.24) is 0 Å². The second-order valence-electron chi connectivity index (χ2n) is 6.11. The maximum atomic E-state index is 13.2. The van der Waals surface area contributed by atoms with Gasteiger partial charge in [0.1, 0.15) is 11.5 Å². The second-order valence-corrected chi connectivity index (χ2v) is 8.32. The first-order valence-electron chi connectivity index (χ1n) is 8.44. The van der Waals surface area contributed by atoms with Crippen molar-refractivity contribution in [1.29, 1.82) is 0 Å². The number of hydrogen-bond acceptors (Lipinski definition) is 2. The van der Waals surface area contributed by atoms with Gasteiger partial charge in [-0.05, 0) is 54.1 Å².